The smallest absolute Gasteiger partial charge is 0.326 e. The van der Waals surface area contributed by atoms with Crippen molar-refractivity contribution in [3.63, 3.8) is 0 Å². The molecule has 1 aliphatic carbocycles. The molecular weight excluding hydrogens is 233 g/mol. The van der Waals surface area contributed by atoms with Gasteiger partial charge in [0.25, 0.3) is 0 Å². The summed E-state index contributed by atoms with van der Waals surface area (Å²) in [6.45, 7) is 2.31. The molecule has 3 nitrogen and oxygen atoms in total. The van der Waals surface area contributed by atoms with Gasteiger partial charge in [0.2, 0.25) is 5.91 Å². The average Bonchev–Trinajstić information content (AvgIpc) is 2.91. The lowest BCUT2D eigenvalue weighted by Gasteiger charge is -2.20. The van der Waals surface area contributed by atoms with Crippen LogP contribution < -0.4 is 5.32 Å². The molecule has 1 N–H and O–H groups in total. The van der Waals surface area contributed by atoms with Crippen LogP contribution in [-0.4, -0.2) is 35.2 Å². The van der Waals surface area contributed by atoms with Gasteiger partial charge >= 0.3 is 6.18 Å². The highest BCUT2D eigenvalue weighted by molar-refractivity contribution is 5.91. The van der Waals surface area contributed by atoms with Crippen LogP contribution in [0.3, 0.4) is 0 Å². The molecule has 0 aromatic rings. The molecule has 98 valence electrons. The van der Waals surface area contributed by atoms with E-state index in [0.717, 1.165) is 12.8 Å². The van der Waals surface area contributed by atoms with Crippen molar-refractivity contribution >= 4 is 5.91 Å². The van der Waals surface area contributed by atoms with Crippen molar-refractivity contribution in [3.8, 4) is 0 Å². The van der Waals surface area contributed by atoms with Crippen LogP contribution in [0.1, 0.15) is 39.0 Å². The van der Waals surface area contributed by atoms with Crippen molar-refractivity contribution < 1.29 is 18.0 Å². The maximum atomic E-state index is 11.9. The van der Waals surface area contributed by atoms with E-state index in [-0.39, 0.29) is 24.0 Å². The standard InChI is InChI=1S/C11H17F3N2O/c1-8-15-10(5-6-10)9(17)16(8)7-3-2-4-11(12,13)14/h8,15H,2-7H2,1H3. The first-order valence-electron chi connectivity index (χ1n) is 6.00. The van der Waals surface area contributed by atoms with Crippen molar-refractivity contribution in [2.24, 2.45) is 0 Å². The van der Waals surface area contributed by atoms with E-state index >= 15 is 0 Å². The molecule has 1 aliphatic heterocycles. The summed E-state index contributed by atoms with van der Waals surface area (Å²) in [5.74, 6) is 0.0667. The van der Waals surface area contributed by atoms with Gasteiger partial charge in [-0.15, -0.1) is 0 Å². The summed E-state index contributed by atoms with van der Waals surface area (Å²) in [5.41, 5.74) is -0.358. The molecular formula is C11H17F3N2O. The van der Waals surface area contributed by atoms with Crippen LogP contribution in [-0.2, 0) is 4.79 Å². The molecule has 2 fully saturated rings. The first-order valence-corrected chi connectivity index (χ1v) is 6.00. The SMILES string of the molecule is CC1NC2(CC2)C(=O)N1CCCCC(F)(F)F. The second-order valence-corrected chi connectivity index (χ2v) is 4.97. The molecule has 0 aromatic heterocycles. The van der Waals surface area contributed by atoms with E-state index in [0.29, 0.717) is 13.0 Å². The molecule has 2 rings (SSSR count). The van der Waals surface area contributed by atoms with Crippen molar-refractivity contribution in [1.82, 2.24) is 10.2 Å². The van der Waals surface area contributed by atoms with E-state index in [9.17, 15) is 18.0 Å². The minimum Gasteiger partial charge on any atom is -0.326 e. The monoisotopic (exact) mass is 250 g/mol. The number of hydrogen-bond acceptors (Lipinski definition) is 2. The molecule has 1 atom stereocenters. The summed E-state index contributed by atoms with van der Waals surface area (Å²) in [5, 5.41) is 3.22. The normalized spacial score (nSPS) is 26.9. The number of halogens is 3. The van der Waals surface area contributed by atoms with Gasteiger partial charge in [-0.1, -0.05) is 0 Å². The zero-order valence-electron chi connectivity index (χ0n) is 9.81. The number of nitrogens with zero attached hydrogens (tertiary/aromatic N) is 1. The Labute approximate surface area is 98.3 Å². The number of carbonyl (C=O) groups is 1. The Balaban J connectivity index is 1.74. The van der Waals surface area contributed by atoms with E-state index in [1.54, 1.807) is 4.90 Å². The average molecular weight is 250 g/mol. The van der Waals surface area contributed by atoms with Gasteiger partial charge in [-0.2, -0.15) is 13.2 Å². The number of rotatable bonds is 4. The van der Waals surface area contributed by atoms with Gasteiger partial charge in [0, 0.05) is 13.0 Å². The van der Waals surface area contributed by atoms with Gasteiger partial charge in [0.05, 0.1) is 11.7 Å². The van der Waals surface area contributed by atoms with Gasteiger partial charge < -0.3 is 4.90 Å². The Morgan fingerprint density at radius 1 is 1.41 bits per heavy atom. The highest BCUT2D eigenvalue weighted by Gasteiger charge is 2.57. The summed E-state index contributed by atoms with van der Waals surface area (Å²) in [4.78, 5) is 13.6. The van der Waals surface area contributed by atoms with E-state index in [1.165, 1.54) is 0 Å². The van der Waals surface area contributed by atoms with E-state index in [1.807, 2.05) is 6.92 Å². The molecule has 0 radical (unpaired) electrons. The largest absolute Gasteiger partial charge is 0.389 e. The molecule has 1 amide bonds. The van der Waals surface area contributed by atoms with Crippen LogP contribution in [0.2, 0.25) is 0 Å². The lowest BCUT2D eigenvalue weighted by molar-refractivity contribution is -0.136. The van der Waals surface area contributed by atoms with Crippen LogP contribution in [0.5, 0.6) is 0 Å². The second kappa shape index (κ2) is 4.15. The van der Waals surface area contributed by atoms with Crippen LogP contribution >= 0.6 is 0 Å². The summed E-state index contributed by atoms with van der Waals surface area (Å²) in [6.07, 6.45) is -2.68. The third-order valence-electron chi connectivity index (χ3n) is 3.48. The van der Waals surface area contributed by atoms with E-state index in [4.69, 9.17) is 0 Å². The molecule has 1 unspecified atom stereocenters. The summed E-state index contributed by atoms with van der Waals surface area (Å²) in [6, 6.07) is 0. The number of carbonyl (C=O) groups excluding carboxylic acids is 1. The minimum atomic E-state index is -4.09. The zero-order valence-corrected chi connectivity index (χ0v) is 9.81. The summed E-state index contributed by atoms with van der Waals surface area (Å²) in [7, 11) is 0. The Kier molecular flexibility index (Phi) is 3.10. The maximum Gasteiger partial charge on any atom is 0.389 e. The van der Waals surface area contributed by atoms with Crippen LogP contribution in [0, 0.1) is 0 Å². The third kappa shape index (κ3) is 2.73. The van der Waals surface area contributed by atoms with Gasteiger partial charge in [-0.3, -0.25) is 10.1 Å². The first-order chi connectivity index (χ1) is 7.84. The molecule has 17 heavy (non-hydrogen) atoms. The van der Waals surface area contributed by atoms with Gasteiger partial charge in [0.1, 0.15) is 0 Å². The van der Waals surface area contributed by atoms with Gasteiger partial charge in [-0.05, 0) is 32.6 Å². The summed E-state index contributed by atoms with van der Waals surface area (Å²) < 4.78 is 35.8. The van der Waals surface area contributed by atoms with Crippen LogP contribution in [0.15, 0.2) is 0 Å². The number of alkyl halides is 3. The molecule has 0 bridgehead atoms. The minimum absolute atomic E-state index is 0.0455. The topological polar surface area (TPSA) is 32.3 Å². The fraction of sp³-hybridized carbons (Fsp3) is 0.909. The summed E-state index contributed by atoms with van der Waals surface area (Å²) >= 11 is 0. The van der Waals surface area contributed by atoms with Crippen molar-refractivity contribution in [1.29, 1.82) is 0 Å². The highest BCUT2D eigenvalue weighted by atomic mass is 19.4. The second-order valence-electron chi connectivity index (χ2n) is 4.97. The Morgan fingerprint density at radius 3 is 2.53 bits per heavy atom. The van der Waals surface area contributed by atoms with E-state index in [2.05, 4.69) is 5.32 Å². The lowest BCUT2D eigenvalue weighted by atomic mass is 10.2. The van der Waals surface area contributed by atoms with Crippen molar-refractivity contribution in [3.05, 3.63) is 0 Å². The Hall–Kier alpha value is -0.780. The van der Waals surface area contributed by atoms with Gasteiger partial charge in [0.15, 0.2) is 0 Å². The number of hydrogen-bond donors (Lipinski definition) is 1. The predicted octanol–water partition coefficient (Wildman–Crippen LogP) is 2.03. The van der Waals surface area contributed by atoms with Crippen molar-refractivity contribution in [2.75, 3.05) is 6.54 Å². The number of unbranched alkanes of at least 4 members (excludes halogenated alkanes) is 1. The maximum absolute atomic E-state index is 11.9. The van der Waals surface area contributed by atoms with E-state index < -0.39 is 12.6 Å². The molecule has 2 aliphatic rings. The molecule has 1 saturated heterocycles. The molecule has 1 heterocycles. The van der Waals surface area contributed by atoms with Crippen LogP contribution in [0.25, 0.3) is 0 Å². The predicted molar refractivity (Wildman–Crippen MR) is 56.2 cm³/mol. The van der Waals surface area contributed by atoms with Crippen molar-refractivity contribution in [2.45, 2.75) is 56.9 Å². The zero-order chi connectivity index (χ0) is 12.7. The van der Waals surface area contributed by atoms with Gasteiger partial charge in [-0.25, -0.2) is 0 Å². The third-order valence-corrected chi connectivity index (χ3v) is 3.48. The Morgan fingerprint density at radius 2 is 2.06 bits per heavy atom. The number of nitrogens with one attached hydrogen (secondary N) is 1. The molecule has 1 spiro atoms. The molecule has 0 aromatic carbocycles. The fourth-order valence-corrected chi connectivity index (χ4v) is 2.38. The number of amides is 1. The quantitative estimate of drug-likeness (QED) is 0.774. The first kappa shape index (κ1) is 12.7. The fourth-order valence-electron chi connectivity index (χ4n) is 2.38. The van der Waals surface area contributed by atoms with Crippen LogP contribution in [0.4, 0.5) is 13.2 Å². The highest BCUT2D eigenvalue weighted by Crippen LogP contribution is 2.42. The molecule has 1 saturated carbocycles. The molecule has 6 heteroatoms. The Bertz CT molecular complexity index is 312. The lowest BCUT2D eigenvalue weighted by Crippen LogP contribution is -2.35.